The number of rotatable bonds is 5. The van der Waals surface area contributed by atoms with Gasteiger partial charge in [0.25, 0.3) is 0 Å². The molecular formula is C15H19BrN4. The number of aromatic nitrogens is 2. The van der Waals surface area contributed by atoms with Gasteiger partial charge in [0, 0.05) is 36.1 Å². The molecule has 0 saturated carbocycles. The third-order valence-electron chi connectivity index (χ3n) is 3.68. The highest BCUT2D eigenvalue weighted by molar-refractivity contribution is 9.10. The molecule has 1 aromatic carbocycles. The van der Waals surface area contributed by atoms with E-state index < -0.39 is 0 Å². The Kier molecular flexibility index (Phi) is 4.38. The van der Waals surface area contributed by atoms with E-state index in [1.165, 1.54) is 10.0 Å². The first kappa shape index (κ1) is 13.6. The van der Waals surface area contributed by atoms with Crippen LogP contribution in [0.15, 0.2) is 41.0 Å². The van der Waals surface area contributed by atoms with Gasteiger partial charge in [0.2, 0.25) is 0 Å². The number of fused-ring (bicyclic) bond motifs is 1. The molecule has 0 amide bonds. The molecule has 106 valence electrons. The van der Waals surface area contributed by atoms with E-state index in [1.807, 2.05) is 16.9 Å². The lowest BCUT2D eigenvalue weighted by molar-refractivity contribution is 0.393. The molecule has 1 atom stereocenters. The van der Waals surface area contributed by atoms with E-state index in [-0.39, 0.29) is 0 Å². The topological polar surface area (TPSA) is 41.9 Å². The van der Waals surface area contributed by atoms with Crippen molar-refractivity contribution in [3.63, 3.8) is 0 Å². The lowest BCUT2D eigenvalue weighted by Crippen LogP contribution is -2.36. The molecular weight excluding hydrogens is 316 g/mol. The zero-order valence-corrected chi connectivity index (χ0v) is 12.9. The number of nitrogens with one attached hydrogen (secondary N) is 2. The van der Waals surface area contributed by atoms with Crippen LogP contribution in [0.4, 0.5) is 5.82 Å². The second kappa shape index (κ2) is 6.41. The summed E-state index contributed by atoms with van der Waals surface area (Å²) in [4.78, 5) is 0. The van der Waals surface area contributed by atoms with Gasteiger partial charge in [0.15, 0.2) is 0 Å². The summed E-state index contributed by atoms with van der Waals surface area (Å²) in [6.07, 6.45) is 2.90. The van der Waals surface area contributed by atoms with Gasteiger partial charge in [-0.2, -0.15) is 5.10 Å². The van der Waals surface area contributed by atoms with Crippen molar-refractivity contribution in [1.29, 1.82) is 0 Å². The van der Waals surface area contributed by atoms with Crippen molar-refractivity contribution in [3.05, 3.63) is 46.6 Å². The Morgan fingerprint density at radius 3 is 3.15 bits per heavy atom. The largest absolute Gasteiger partial charge is 0.370 e. The molecule has 1 aromatic heterocycles. The lowest BCUT2D eigenvalue weighted by Gasteiger charge is -2.25. The maximum atomic E-state index is 4.31. The fourth-order valence-electron chi connectivity index (χ4n) is 2.55. The fraction of sp³-hybridized carbons (Fsp3) is 0.400. The maximum absolute atomic E-state index is 4.31. The maximum Gasteiger partial charge on any atom is 0.124 e. The van der Waals surface area contributed by atoms with Gasteiger partial charge in [-0.05, 0) is 24.6 Å². The van der Waals surface area contributed by atoms with Crippen molar-refractivity contribution in [2.24, 2.45) is 5.92 Å². The smallest absolute Gasteiger partial charge is 0.124 e. The van der Waals surface area contributed by atoms with Gasteiger partial charge in [0.05, 0.1) is 6.20 Å². The van der Waals surface area contributed by atoms with Gasteiger partial charge in [0.1, 0.15) is 5.82 Å². The van der Waals surface area contributed by atoms with E-state index in [4.69, 9.17) is 0 Å². The highest BCUT2D eigenvalue weighted by Crippen LogP contribution is 2.17. The first-order chi connectivity index (χ1) is 9.83. The highest BCUT2D eigenvalue weighted by Gasteiger charge is 2.17. The summed E-state index contributed by atoms with van der Waals surface area (Å²) in [6, 6.07) is 10.4. The molecule has 4 nitrogen and oxygen atoms in total. The Balaban J connectivity index is 1.42. The van der Waals surface area contributed by atoms with Crippen LogP contribution in [0.5, 0.6) is 0 Å². The Morgan fingerprint density at radius 2 is 2.25 bits per heavy atom. The molecule has 20 heavy (non-hydrogen) atoms. The fourth-order valence-corrected chi connectivity index (χ4v) is 3.04. The van der Waals surface area contributed by atoms with E-state index in [1.54, 1.807) is 0 Å². The number of anilines is 1. The SMILES string of the molecule is Brc1ccccc1CCNCC1CNc2ccnn2C1. The molecule has 0 spiro atoms. The molecule has 0 radical (unpaired) electrons. The first-order valence-electron chi connectivity index (χ1n) is 7.03. The Morgan fingerprint density at radius 1 is 1.35 bits per heavy atom. The Hall–Kier alpha value is -1.33. The lowest BCUT2D eigenvalue weighted by atomic mass is 10.1. The minimum atomic E-state index is 0.599. The standard InChI is InChI=1S/C15H19BrN4/c16-14-4-2-1-3-13(14)5-7-17-9-12-10-18-15-6-8-19-20(15)11-12/h1-4,6,8,12,17-18H,5,7,9-11H2. The summed E-state index contributed by atoms with van der Waals surface area (Å²) < 4.78 is 3.24. The number of hydrogen-bond acceptors (Lipinski definition) is 3. The molecule has 0 bridgehead atoms. The average molecular weight is 335 g/mol. The third kappa shape index (κ3) is 3.22. The van der Waals surface area contributed by atoms with E-state index in [2.05, 4.69) is 55.9 Å². The van der Waals surface area contributed by atoms with Gasteiger partial charge < -0.3 is 10.6 Å². The van der Waals surface area contributed by atoms with Gasteiger partial charge in [-0.15, -0.1) is 0 Å². The molecule has 2 aromatic rings. The minimum absolute atomic E-state index is 0.599. The zero-order chi connectivity index (χ0) is 13.8. The predicted octanol–water partition coefficient (Wildman–Crippen LogP) is 2.52. The van der Waals surface area contributed by atoms with Crippen LogP contribution in [-0.4, -0.2) is 29.4 Å². The van der Waals surface area contributed by atoms with Crippen molar-refractivity contribution in [1.82, 2.24) is 15.1 Å². The Labute approximate surface area is 127 Å². The van der Waals surface area contributed by atoms with Gasteiger partial charge >= 0.3 is 0 Å². The van der Waals surface area contributed by atoms with Crippen LogP contribution in [0.3, 0.4) is 0 Å². The summed E-state index contributed by atoms with van der Waals surface area (Å²) in [5.41, 5.74) is 1.36. The van der Waals surface area contributed by atoms with Crippen LogP contribution in [0.2, 0.25) is 0 Å². The van der Waals surface area contributed by atoms with Crippen molar-refractivity contribution >= 4 is 21.7 Å². The average Bonchev–Trinajstić information content (AvgIpc) is 2.93. The van der Waals surface area contributed by atoms with E-state index in [0.29, 0.717) is 5.92 Å². The van der Waals surface area contributed by atoms with Crippen LogP contribution in [-0.2, 0) is 13.0 Å². The predicted molar refractivity (Wildman–Crippen MR) is 84.9 cm³/mol. The summed E-state index contributed by atoms with van der Waals surface area (Å²) in [5.74, 6) is 1.73. The molecule has 0 aliphatic carbocycles. The molecule has 0 saturated heterocycles. The molecule has 1 aliphatic rings. The van der Waals surface area contributed by atoms with E-state index >= 15 is 0 Å². The number of nitrogens with zero attached hydrogens (tertiary/aromatic N) is 2. The number of halogens is 1. The quantitative estimate of drug-likeness (QED) is 0.825. The monoisotopic (exact) mass is 334 g/mol. The second-order valence-electron chi connectivity index (χ2n) is 5.19. The van der Waals surface area contributed by atoms with Crippen LogP contribution in [0.25, 0.3) is 0 Å². The molecule has 1 unspecified atom stereocenters. The second-order valence-corrected chi connectivity index (χ2v) is 6.05. The van der Waals surface area contributed by atoms with Gasteiger partial charge in [-0.25, -0.2) is 4.68 Å². The summed E-state index contributed by atoms with van der Waals surface area (Å²) >= 11 is 3.59. The van der Waals surface area contributed by atoms with Gasteiger partial charge in [-0.1, -0.05) is 34.1 Å². The normalized spacial score (nSPS) is 17.6. The summed E-state index contributed by atoms with van der Waals surface area (Å²) in [7, 11) is 0. The highest BCUT2D eigenvalue weighted by atomic mass is 79.9. The van der Waals surface area contributed by atoms with Crippen molar-refractivity contribution in [2.75, 3.05) is 25.0 Å². The molecule has 5 heteroatoms. The summed E-state index contributed by atoms with van der Waals surface area (Å²) in [6.45, 7) is 4.05. The van der Waals surface area contributed by atoms with Crippen molar-refractivity contribution in [3.8, 4) is 0 Å². The molecule has 2 heterocycles. The van der Waals surface area contributed by atoms with Crippen LogP contribution in [0.1, 0.15) is 5.56 Å². The van der Waals surface area contributed by atoms with Crippen LogP contribution in [0, 0.1) is 5.92 Å². The third-order valence-corrected chi connectivity index (χ3v) is 4.46. The molecule has 2 N–H and O–H groups in total. The van der Waals surface area contributed by atoms with E-state index in [9.17, 15) is 0 Å². The van der Waals surface area contributed by atoms with Crippen molar-refractivity contribution < 1.29 is 0 Å². The zero-order valence-electron chi connectivity index (χ0n) is 11.3. The first-order valence-corrected chi connectivity index (χ1v) is 7.82. The van der Waals surface area contributed by atoms with Gasteiger partial charge in [-0.3, -0.25) is 0 Å². The van der Waals surface area contributed by atoms with Crippen molar-refractivity contribution in [2.45, 2.75) is 13.0 Å². The molecule has 1 aliphatic heterocycles. The van der Waals surface area contributed by atoms with Crippen LogP contribution < -0.4 is 10.6 Å². The number of hydrogen-bond donors (Lipinski definition) is 2. The van der Waals surface area contributed by atoms with E-state index in [0.717, 1.165) is 38.4 Å². The minimum Gasteiger partial charge on any atom is -0.370 e. The molecule has 3 rings (SSSR count). The molecule has 0 fully saturated rings. The van der Waals surface area contributed by atoms with Crippen LogP contribution >= 0.6 is 15.9 Å². The Bertz CT molecular complexity index is 567. The number of benzene rings is 1. The summed E-state index contributed by atoms with van der Waals surface area (Å²) in [5, 5.41) is 11.3.